The summed E-state index contributed by atoms with van der Waals surface area (Å²) in [6, 6.07) is 17.7. The Morgan fingerprint density at radius 3 is 2.53 bits per heavy atom. The Kier molecular flexibility index (Phi) is 7.22. The van der Waals surface area contributed by atoms with Crippen LogP contribution in [-0.4, -0.2) is 53.4 Å². The van der Waals surface area contributed by atoms with Gasteiger partial charge in [-0.15, -0.1) is 0 Å². The summed E-state index contributed by atoms with van der Waals surface area (Å²) in [6.45, 7) is 5.45. The first-order valence-corrected chi connectivity index (χ1v) is 11.5. The Morgan fingerprint density at radius 2 is 1.81 bits per heavy atom. The predicted octanol–water partition coefficient (Wildman–Crippen LogP) is 4.54. The second-order valence-corrected chi connectivity index (χ2v) is 8.31. The number of likely N-dealkylation sites (tertiary alicyclic amines) is 1. The van der Waals surface area contributed by atoms with E-state index in [4.69, 9.17) is 9.84 Å². The third-order valence-corrected chi connectivity index (χ3v) is 6.09. The van der Waals surface area contributed by atoms with Gasteiger partial charge in [-0.05, 0) is 50.1 Å². The van der Waals surface area contributed by atoms with Gasteiger partial charge in [-0.1, -0.05) is 43.7 Å². The fraction of sp³-hybridized carbons (Fsp3) is 0.385. The molecule has 0 bridgehead atoms. The van der Waals surface area contributed by atoms with Gasteiger partial charge >= 0.3 is 0 Å². The van der Waals surface area contributed by atoms with Crippen LogP contribution < -0.4 is 10.1 Å². The van der Waals surface area contributed by atoms with E-state index in [-0.39, 0.29) is 11.9 Å². The zero-order valence-corrected chi connectivity index (χ0v) is 19.0. The zero-order chi connectivity index (χ0) is 22.3. The number of nitrogens with one attached hydrogen (secondary N) is 1. The summed E-state index contributed by atoms with van der Waals surface area (Å²) in [4.78, 5) is 15.9. The number of ether oxygens (including phenoxy) is 1. The molecule has 4 rings (SSSR count). The highest BCUT2D eigenvalue weighted by atomic mass is 16.5. The smallest absolute Gasteiger partial charge is 0.255 e. The minimum atomic E-state index is -0.0832. The molecular formula is C26H32N4O2. The molecule has 2 aromatic carbocycles. The van der Waals surface area contributed by atoms with Crippen molar-refractivity contribution in [2.24, 2.45) is 0 Å². The number of piperidine rings is 1. The van der Waals surface area contributed by atoms with Crippen molar-refractivity contribution < 1.29 is 9.53 Å². The average molecular weight is 433 g/mol. The van der Waals surface area contributed by atoms with Crippen molar-refractivity contribution in [2.45, 2.75) is 38.6 Å². The van der Waals surface area contributed by atoms with Crippen molar-refractivity contribution in [2.75, 3.05) is 26.7 Å². The second kappa shape index (κ2) is 10.5. The number of amides is 1. The summed E-state index contributed by atoms with van der Waals surface area (Å²) >= 11 is 0. The van der Waals surface area contributed by atoms with Crippen LogP contribution in [-0.2, 0) is 0 Å². The first kappa shape index (κ1) is 22.1. The van der Waals surface area contributed by atoms with Crippen LogP contribution in [0.1, 0.15) is 43.0 Å². The summed E-state index contributed by atoms with van der Waals surface area (Å²) in [5.74, 6) is 0.615. The van der Waals surface area contributed by atoms with Crippen molar-refractivity contribution in [3.05, 3.63) is 66.4 Å². The lowest BCUT2D eigenvalue weighted by Gasteiger charge is -2.32. The van der Waals surface area contributed by atoms with E-state index in [0.29, 0.717) is 17.0 Å². The van der Waals surface area contributed by atoms with Crippen molar-refractivity contribution in [1.29, 1.82) is 0 Å². The minimum Gasteiger partial charge on any atom is -0.496 e. The Labute approximate surface area is 190 Å². The lowest BCUT2D eigenvalue weighted by Crippen LogP contribution is -2.44. The van der Waals surface area contributed by atoms with Crippen LogP contribution in [0.5, 0.6) is 5.75 Å². The molecule has 0 atom stereocenters. The number of hydrogen-bond acceptors (Lipinski definition) is 4. The van der Waals surface area contributed by atoms with Crippen LogP contribution in [0.25, 0.3) is 16.9 Å². The van der Waals surface area contributed by atoms with Gasteiger partial charge in [-0.25, -0.2) is 4.68 Å². The second-order valence-electron chi connectivity index (χ2n) is 8.31. The molecule has 2 heterocycles. The van der Waals surface area contributed by atoms with E-state index in [1.54, 1.807) is 11.8 Å². The third-order valence-electron chi connectivity index (χ3n) is 6.09. The van der Waals surface area contributed by atoms with Gasteiger partial charge in [0.15, 0.2) is 0 Å². The van der Waals surface area contributed by atoms with E-state index >= 15 is 0 Å². The van der Waals surface area contributed by atoms with Gasteiger partial charge in [0.25, 0.3) is 5.91 Å². The Bertz CT molecular complexity index is 1020. The fourth-order valence-corrected chi connectivity index (χ4v) is 4.24. The fourth-order valence-electron chi connectivity index (χ4n) is 4.24. The normalized spacial score (nSPS) is 14.9. The maximum absolute atomic E-state index is 13.4. The van der Waals surface area contributed by atoms with Crippen LogP contribution in [0.15, 0.2) is 60.8 Å². The highest BCUT2D eigenvalue weighted by Gasteiger charge is 2.25. The van der Waals surface area contributed by atoms with E-state index in [2.05, 4.69) is 17.1 Å². The van der Waals surface area contributed by atoms with Crippen LogP contribution in [0.4, 0.5) is 0 Å². The monoisotopic (exact) mass is 432 g/mol. The number of hydrogen-bond donors (Lipinski definition) is 1. The molecule has 0 unspecified atom stereocenters. The molecule has 3 aromatic rings. The van der Waals surface area contributed by atoms with Crippen LogP contribution >= 0.6 is 0 Å². The number of para-hydroxylation sites is 2. The Balaban J connectivity index is 1.58. The van der Waals surface area contributed by atoms with Crippen molar-refractivity contribution >= 4 is 5.91 Å². The van der Waals surface area contributed by atoms with Gasteiger partial charge in [0.2, 0.25) is 0 Å². The number of carbonyl (C=O) groups excluding carboxylic acids is 1. The Hall–Kier alpha value is -3.12. The van der Waals surface area contributed by atoms with Gasteiger partial charge in [0.05, 0.1) is 18.4 Å². The topological polar surface area (TPSA) is 59.4 Å². The summed E-state index contributed by atoms with van der Waals surface area (Å²) in [5, 5.41) is 8.05. The molecule has 0 radical (unpaired) electrons. The molecular weight excluding hydrogens is 400 g/mol. The van der Waals surface area contributed by atoms with Gasteiger partial charge in [0.1, 0.15) is 11.4 Å². The predicted molar refractivity (Wildman–Crippen MR) is 127 cm³/mol. The lowest BCUT2D eigenvalue weighted by molar-refractivity contribution is 0.0911. The molecule has 32 heavy (non-hydrogen) atoms. The molecule has 0 aliphatic carbocycles. The molecule has 1 aliphatic heterocycles. The van der Waals surface area contributed by atoms with E-state index in [1.807, 2.05) is 60.8 Å². The maximum atomic E-state index is 13.4. The van der Waals surface area contributed by atoms with Gasteiger partial charge < -0.3 is 15.0 Å². The minimum absolute atomic E-state index is 0.0832. The third kappa shape index (κ3) is 5.02. The van der Waals surface area contributed by atoms with Crippen molar-refractivity contribution in [3.8, 4) is 22.7 Å². The average Bonchev–Trinajstić information content (AvgIpc) is 3.30. The SMILES string of the molecule is CCCCN1CCC(NC(=O)c2cn(-c3ccccc3)nc2-c2ccccc2OC)CC1. The molecule has 1 saturated heterocycles. The number of aromatic nitrogens is 2. The summed E-state index contributed by atoms with van der Waals surface area (Å²) in [7, 11) is 1.64. The highest BCUT2D eigenvalue weighted by molar-refractivity contribution is 6.00. The molecule has 0 saturated carbocycles. The molecule has 1 aliphatic rings. The van der Waals surface area contributed by atoms with Crippen LogP contribution in [0, 0.1) is 0 Å². The molecule has 6 nitrogen and oxygen atoms in total. The highest BCUT2D eigenvalue weighted by Crippen LogP contribution is 2.32. The van der Waals surface area contributed by atoms with E-state index < -0.39 is 0 Å². The number of nitrogens with zero attached hydrogens (tertiary/aromatic N) is 3. The standard InChI is InChI=1S/C26H32N4O2/c1-3-4-16-29-17-14-20(15-18-29)27-26(31)23-19-30(21-10-6-5-7-11-21)28-25(23)22-12-8-9-13-24(22)32-2/h5-13,19-20H,3-4,14-18H2,1-2H3,(H,27,31). The largest absolute Gasteiger partial charge is 0.496 e. The number of unbranched alkanes of at least 4 members (excludes halogenated alkanes) is 1. The number of methoxy groups -OCH3 is 1. The molecule has 6 heteroatoms. The van der Waals surface area contributed by atoms with Crippen molar-refractivity contribution in [1.82, 2.24) is 20.0 Å². The van der Waals surface area contributed by atoms with Gasteiger partial charge in [-0.3, -0.25) is 4.79 Å². The van der Waals surface area contributed by atoms with Crippen molar-refractivity contribution in [3.63, 3.8) is 0 Å². The van der Waals surface area contributed by atoms with Crippen LogP contribution in [0.3, 0.4) is 0 Å². The molecule has 1 fully saturated rings. The van der Waals surface area contributed by atoms with Gasteiger partial charge in [-0.2, -0.15) is 5.10 Å². The summed E-state index contributed by atoms with van der Waals surface area (Å²) in [5.41, 5.74) is 2.91. The van der Waals surface area contributed by atoms with E-state index in [9.17, 15) is 4.79 Å². The number of benzene rings is 2. The van der Waals surface area contributed by atoms with Gasteiger partial charge in [0, 0.05) is 30.9 Å². The zero-order valence-electron chi connectivity index (χ0n) is 19.0. The first-order chi connectivity index (χ1) is 15.7. The number of carbonyl (C=O) groups is 1. The molecule has 1 aromatic heterocycles. The summed E-state index contributed by atoms with van der Waals surface area (Å²) < 4.78 is 7.32. The Morgan fingerprint density at radius 1 is 1.09 bits per heavy atom. The number of rotatable bonds is 8. The van der Waals surface area contributed by atoms with E-state index in [0.717, 1.165) is 43.7 Å². The molecule has 1 amide bonds. The maximum Gasteiger partial charge on any atom is 0.255 e. The molecule has 1 N–H and O–H groups in total. The quantitative estimate of drug-likeness (QED) is 0.568. The van der Waals surface area contributed by atoms with Crippen LogP contribution in [0.2, 0.25) is 0 Å². The molecule has 168 valence electrons. The lowest BCUT2D eigenvalue weighted by atomic mass is 10.0. The molecule has 0 spiro atoms. The summed E-state index contributed by atoms with van der Waals surface area (Å²) in [6.07, 6.45) is 6.23. The first-order valence-electron chi connectivity index (χ1n) is 11.5. The van der Waals surface area contributed by atoms with E-state index in [1.165, 1.54) is 12.8 Å².